The topological polar surface area (TPSA) is 93.7 Å². The molecule has 2 aromatic heterocycles. The number of hydrogen-bond donors (Lipinski definition) is 1. The zero-order chi connectivity index (χ0) is 13.2. The van der Waals surface area contributed by atoms with Crippen molar-refractivity contribution in [3.63, 3.8) is 0 Å². The van der Waals surface area contributed by atoms with E-state index in [1.165, 1.54) is 6.33 Å². The maximum absolute atomic E-state index is 11.9. The van der Waals surface area contributed by atoms with Gasteiger partial charge in [0.25, 0.3) is 0 Å². The quantitative estimate of drug-likeness (QED) is 0.802. The average molecular weight is 247 g/mol. The number of rotatable bonds is 2. The number of nitrogens with zero attached hydrogens (tertiary/aromatic N) is 4. The highest BCUT2D eigenvalue weighted by Gasteiger charge is 2.24. The Hall–Kier alpha value is -2.31. The van der Waals surface area contributed by atoms with Crippen LogP contribution in [0.2, 0.25) is 0 Å². The number of ether oxygens (including phenoxy) is 1. The monoisotopic (exact) mass is 247 g/mol. The van der Waals surface area contributed by atoms with E-state index in [4.69, 9.17) is 4.74 Å². The number of nitrogens with one attached hydrogen (secondary N) is 1. The third-order valence-corrected chi connectivity index (χ3v) is 1.97. The lowest BCUT2D eigenvalue weighted by atomic mass is 10.1. The first kappa shape index (κ1) is 12.2. The number of carbonyl (C=O) groups excluding carboxylic acids is 1. The van der Waals surface area contributed by atoms with Crippen molar-refractivity contribution in [2.24, 2.45) is 0 Å². The minimum absolute atomic E-state index is 0.125. The van der Waals surface area contributed by atoms with Gasteiger partial charge in [0.05, 0.1) is 0 Å². The van der Waals surface area contributed by atoms with E-state index in [9.17, 15) is 4.79 Å². The predicted molar refractivity (Wildman–Crippen MR) is 62.6 cm³/mol. The standard InChI is InChI=1S/C11H13N5O2/c1-11(2,3)18-10(17)9-8(14-16-15-9)7-4-12-6-13-5-7/h4-6H,1-3H3,(H,14,15,16). The van der Waals surface area contributed by atoms with Gasteiger partial charge < -0.3 is 4.74 Å². The smallest absolute Gasteiger partial charge is 0.361 e. The molecule has 1 N–H and O–H groups in total. The minimum Gasteiger partial charge on any atom is -0.455 e. The highest BCUT2D eigenvalue weighted by Crippen LogP contribution is 2.20. The normalized spacial score (nSPS) is 11.3. The zero-order valence-electron chi connectivity index (χ0n) is 10.3. The fourth-order valence-corrected chi connectivity index (χ4v) is 1.32. The summed E-state index contributed by atoms with van der Waals surface area (Å²) in [5.41, 5.74) is 0.525. The van der Waals surface area contributed by atoms with Crippen LogP contribution in [0.5, 0.6) is 0 Å². The summed E-state index contributed by atoms with van der Waals surface area (Å²) in [6.45, 7) is 5.36. The van der Waals surface area contributed by atoms with Crippen LogP contribution in [0, 0.1) is 0 Å². The van der Waals surface area contributed by atoms with E-state index in [1.54, 1.807) is 33.2 Å². The van der Waals surface area contributed by atoms with Gasteiger partial charge in [0.1, 0.15) is 17.6 Å². The van der Waals surface area contributed by atoms with Gasteiger partial charge in [-0.25, -0.2) is 14.8 Å². The molecule has 2 rings (SSSR count). The van der Waals surface area contributed by atoms with E-state index in [0.29, 0.717) is 11.3 Å². The van der Waals surface area contributed by atoms with Crippen molar-refractivity contribution in [3.8, 4) is 11.3 Å². The molecule has 0 bridgehead atoms. The number of hydrogen-bond acceptors (Lipinski definition) is 6. The van der Waals surface area contributed by atoms with Gasteiger partial charge in [-0.05, 0) is 20.8 Å². The largest absolute Gasteiger partial charge is 0.455 e. The first-order chi connectivity index (χ1) is 8.47. The minimum atomic E-state index is -0.583. The molecule has 0 aliphatic carbocycles. The van der Waals surface area contributed by atoms with Crippen molar-refractivity contribution in [2.75, 3.05) is 0 Å². The first-order valence-corrected chi connectivity index (χ1v) is 5.37. The fourth-order valence-electron chi connectivity index (χ4n) is 1.32. The van der Waals surface area contributed by atoms with E-state index >= 15 is 0 Å². The van der Waals surface area contributed by atoms with Gasteiger partial charge in [0.15, 0.2) is 5.69 Å². The number of aromatic amines is 1. The molecule has 0 amide bonds. The molecule has 0 saturated heterocycles. The number of carbonyl (C=O) groups is 1. The Kier molecular flexibility index (Phi) is 3.05. The van der Waals surface area contributed by atoms with Gasteiger partial charge >= 0.3 is 5.97 Å². The molecule has 0 atom stereocenters. The molecule has 0 aliphatic rings. The number of esters is 1. The van der Waals surface area contributed by atoms with Crippen molar-refractivity contribution >= 4 is 5.97 Å². The molecule has 2 heterocycles. The van der Waals surface area contributed by atoms with Gasteiger partial charge in [-0.3, -0.25) is 0 Å². The van der Waals surface area contributed by atoms with E-state index in [0.717, 1.165) is 0 Å². The third kappa shape index (κ3) is 2.68. The summed E-state index contributed by atoms with van der Waals surface area (Å²) in [6, 6.07) is 0. The maximum Gasteiger partial charge on any atom is 0.361 e. The molecule has 0 fully saturated rings. The molecule has 0 unspecified atom stereocenters. The summed E-state index contributed by atoms with van der Waals surface area (Å²) in [7, 11) is 0. The van der Waals surface area contributed by atoms with Gasteiger partial charge in [0.2, 0.25) is 0 Å². The maximum atomic E-state index is 11.9. The Morgan fingerprint density at radius 2 is 1.89 bits per heavy atom. The molecule has 7 nitrogen and oxygen atoms in total. The molecule has 2 aromatic rings. The number of H-pyrrole nitrogens is 1. The van der Waals surface area contributed by atoms with E-state index < -0.39 is 11.6 Å². The lowest BCUT2D eigenvalue weighted by molar-refractivity contribution is 0.00637. The highest BCUT2D eigenvalue weighted by atomic mass is 16.6. The Bertz CT molecular complexity index is 544. The van der Waals surface area contributed by atoms with Gasteiger partial charge in [-0.1, -0.05) is 0 Å². The van der Waals surface area contributed by atoms with Crippen molar-refractivity contribution < 1.29 is 9.53 Å². The molecule has 0 aliphatic heterocycles. The summed E-state index contributed by atoms with van der Waals surface area (Å²) in [5, 5.41) is 10.1. The first-order valence-electron chi connectivity index (χ1n) is 5.37. The van der Waals surface area contributed by atoms with Crippen LogP contribution < -0.4 is 0 Å². The molecule has 0 radical (unpaired) electrons. The molecule has 18 heavy (non-hydrogen) atoms. The second-order valence-corrected chi connectivity index (χ2v) is 4.65. The SMILES string of the molecule is CC(C)(C)OC(=O)c1n[nH]nc1-c1cncnc1. The van der Waals surface area contributed by atoms with E-state index in [1.807, 2.05) is 0 Å². The van der Waals surface area contributed by atoms with Crippen LogP contribution >= 0.6 is 0 Å². The van der Waals surface area contributed by atoms with Gasteiger partial charge in [-0.15, -0.1) is 5.10 Å². The van der Waals surface area contributed by atoms with E-state index in [-0.39, 0.29) is 5.69 Å². The molecule has 0 spiro atoms. The van der Waals surface area contributed by atoms with Crippen molar-refractivity contribution in [3.05, 3.63) is 24.4 Å². The molecular formula is C11H13N5O2. The van der Waals surface area contributed by atoms with Crippen LogP contribution in [0.3, 0.4) is 0 Å². The summed E-state index contributed by atoms with van der Waals surface area (Å²) in [5.74, 6) is -0.532. The van der Waals surface area contributed by atoms with Crippen molar-refractivity contribution in [1.82, 2.24) is 25.4 Å². The highest BCUT2D eigenvalue weighted by molar-refractivity contribution is 5.93. The summed E-state index contributed by atoms with van der Waals surface area (Å²) in [6.07, 6.45) is 4.51. The fraction of sp³-hybridized carbons (Fsp3) is 0.364. The summed E-state index contributed by atoms with van der Waals surface area (Å²) in [4.78, 5) is 19.7. The summed E-state index contributed by atoms with van der Waals surface area (Å²) >= 11 is 0. The van der Waals surface area contributed by atoms with Crippen LogP contribution in [0.25, 0.3) is 11.3 Å². The van der Waals surface area contributed by atoms with Crippen LogP contribution in [-0.4, -0.2) is 36.9 Å². The van der Waals surface area contributed by atoms with Crippen molar-refractivity contribution in [2.45, 2.75) is 26.4 Å². The Labute approximate surface area is 104 Å². The van der Waals surface area contributed by atoms with Crippen LogP contribution in [0.4, 0.5) is 0 Å². The number of aromatic nitrogens is 5. The van der Waals surface area contributed by atoms with Gasteiger partial charge in [0, 0.05) is 18.0 Å². The van der Waals surface area contributed by atoms with Crippen molar-refractivity contribution in [1.29, 1.82) is 0 Å². The van der Waals surface area contributed by atoms with Crippen LogP contribution in [0.15, 0.2) is 18.7 Å². The Morgan fingerprint density at radius 1 is 1.22 bits per heavy atom. The molecule has 0 aromatic carbocycles. The van der Waals surface area contributed by atoms with Crippen LogP contribution in [-0.2, 0) is 4.74 Å². The molecule has 7 heteroatoms. The predicted octanol–water partition coefficient (Wildman–Crippen LogP) is 1.22. The lowest BCUT2D eigenvalue weighted by Gasteiger charge is -2.18. The summed E-state index contributed by atoms with van der Waals surface area (Å²) < 4.78 is 5.24. The zero-order valence-corrected chi connectivity index (χ0v) is 10.3. The second-order valence-electron chi connectivity index (χ2n) is 4.65. The Balaban J connectivity index is 2.32. The van der Waals surface area contributed by atoms with Gasteiger partial charge in [-0.2, -0.15) is 10.3 Å². The Morgan fingerprint density at radius 3 is 2.50 bits per heavy atom. The third-order valence-electron chi connectivity index (χ3n) is 1.97. The van der Waals surface area contributed by atoms with E-state index in [2.05, 4.69) is 25.4 Å². The lowest BCUT2D eigenvalue weighted by Crippen LogP contribution is -2.24. The molecular weight excluding hydrogens is 234 g/mol. The average Bonchev–Trinajstić information content (AvgIpc) is 2.76. The molecule has 94 valence electrons. The second kappa shape index (κ2) is 4.52. The molecule has 0 saturated carbocycles. The van der Waals surface area contributed by atoms with Crippen LogP contribution in [0.1, 0.15) is 31.3 Å².